The molecule has 2 rings (SSSR count). The summed E-state index contributed by atoms with van der Waals surface area (Å²) < 4.78 is 0. The molecule has 0 bridgehead atoms. The van der Waals surface area contributed by atoms with E-state index in [1.54, 1.807) is 23.1 Å². The van der Waals surface area contributed by atoms with Gasteiger partial charge in [-0.1, -0.05) is 36.4 Å². The van der Waals surface area contributed by atoms with E-state index in [4.69, 9.17) is 0 Å². The summed E-state index contributed by atoms with van der Waals surface area (Å²) in [5.41, 5.74) is 2.48. The van der Waals surface area contributed by atoms with E-state index in [1.807, 2.05) is 50.5 Å². The molecule has 0 aliphatic carbocycles. The number of amides is 2. The van der Waals surface area contributed by atoms with Crippen molar-refractivity contribution >= 4 is 23.2 Å². The Hall–Kier alpha value is -2.66. The fourth-order valence-corrected chi connectivity index (χ4v) is 2.29. The minimum atomic E-state index is -0.0902. The summed E-state index contributed by atoms with van der Waals surface area (Å²) in [6.07, 6.45) is 1.12. The molecule has 0 heterocycles. The summed E-state index contributed by atoms with van der Waals surface area (Å²) in [5.74, 6) is -0.136. The Morgan fingerprint density at radius 3 is 2.12 bits per heavy atom. The van der Waals surface area contributed by atoms with E-state index in [-0.39, 0.29) is 11.8 Å². The van der Waals surface area contributed by atoms with Crippen molar-refractivity contribution in [3.63, 3.8) is 0 Å². The van der Waals surface area contributed by atoms with Crippen LogP contribution in [0.2, 0.25) is 0 Å². The van der Waals surface area contributed by atoms with Crippen LogP contribution in [-0.2, 0) is 16.0 Å². The lowest BCUT2D eigenvalue weighted by atomic mass is 10.1. The third kappa shape index (κ3) is 6.22. The van der Waals surface area contributed by atoms with Crippen molar-refractivity contribution in [2.75, 3.05) is 31.3 Å². The molecule has 0 fully saturated rings. The van der Waals surface area contributed by atoms with Gasteiger partial charge in [0.2, 0.25) is 11.8 Å². The lowest BCUT2D eigenvalue weighted by molar-refractivity contribution is -0.117. The van der Waals surface area contributed by atoms with Crippen LogP contribution in [0.15, 0.2) is 54.6 Å². The summed E-state index contributed by atoms with van der Waals surface area (Å²) in [7, 11) is 3.67. The summed E-state index contributed by atoms with van der Waals surface area (Å²) in [6.45, 7) is 0.313. The predicted octanol–water partition coefficient (Wildman–Crippen LogP) is 2.76. The van der Waals surface area contributed by atoms with E-state index < -0.39 is 0 Å². The zero-order chi connectivity index (χ0) is 17.4. The molecule has 0 spiro atoms. The second-order valence-electron chi connectivity index (χ2n) is 5.90. The van der Waals surface area contributed by atoms with Gasteiger partial charge in [-0.05, 0) is 44.3 Å². The zero-order valence-electron chi connectivity index (χ0n) is 14.1. The van der Waals surface area contributed by atoms with Crippen molar-refractivity contribution in [1.29, 1.82) is 0 Å². The SMILES string of the molecule is CN(C)CC(=O)Nc1cccc(NC(=O)CCc2ccccc2)c1. The van der Waals surface area contributed by atoms with Gasteiger partial charge in [-0.2, -0.15) is 0 Å². The first-order valence-corrected chi connectivity index (χ1v) is 7.91. The Bertz CT molecular complexity index is 684. The van der Waals surface area contributed by atoms with E-state index in [2.05, 4.69) is 10.6 Å². The van der Waals surface area contributed by atoms with Crippen LogP contribution in [0.25, 0.3) is 0 Å². The Labute approximate surface area is 142 Å². The van der Waals surface area contributed by atoms with Gasteiger partial charge < -0.3 is 15.5 Å². The number of hydrogen-bond acceptors (Lipinski definition) is 3. The molecule has 5 nitrogen and oxygen atoms in total. The number of carbonyl (C=O) groups is 2. The maximum Gasteiger partial charge on any atom is 0.238 e. The van der Waals surface area contributed by atoms with Gasteiger partial charge in [0.05, 0.1) is 6.54 Å². The van der Waals surface area contributed by atoms with Crippen LogP contribution in [0.1, 0.15) is 12.0 Å². The van der Waals surface area contributed by atoms with E-state index >= 15 is 0 Å². The van der Waals surface area contributed by atoms with Gasteiger partial charge in [0.1, 0.15) is 0 Å². The first-order chi connectivity index (χ1) is 11.5. The molecule has 0 atom stereocenters. The van der Waals surface area contributed by atoms with Gasteiger partial charge in [-0.3, -0.25) is 9.59 Å². The van der Waals surface area contributed by atoms with E-state index in [0.717, 1.165) is 5.56 Å². The monoisotopic (exact) mass is 325 g/mol. The highest BCUT2D eigenvalue weighted by molar-refractivity contribution is 5.94. The average Bonchev–Trinajstić information content (AvgIpc) is 2.53. The van der Waals surface area contributed by atoms with E-state index in [1.165, 1.54) is 0 Å². The molecule has 0 aliphatic rings. The number of benzene rings is 2. The lowest BCUT2D eigenvalue weighted by Crippen LogP contribution is -2.27. The maximum absolute atomic E-state index is 12.1. The number of nitrogens with zero attached hydrogens (tertiary/aromatic N) is 1. The Morgan fingerprint density at radius 2 is 1.50 bits per heavy atom. The molecule has 2 aromatic rings. The van der Waals surface area contributed by atoms with Crippen LogP contribution in [0.4, 0.5) is 11.4 Å². The smallest absolute Gasteiger partial charge is 0.238 e. The minimum Gasteiger partial charge on any atom is -0.326 e. The molecule has 0 saturated carbocycles. The predicted molar refractivity (Wildman–Crippen MR) is 97.0 cm³/mol. The van der Waals surface area contributed by atoms with Crippen molar-refractivity contribution in [3.05, 3.63) is 60.2 Å². The molecular weight excluding hydrogens is 302 g/mol. The lowest BCUT2D eigenvalue weighted by Gasteiger charge is -2.11. The fraction of sp³-hybridized carbons (Fsp3) is 0.263. The van der Waals surface area contributed by atoms with Gasteiger partial charge in [-0.25, -0.2) is 0 Å². The highest BCUT2D eigenvalue weighted by Gasteiger charge is 2.06. The summed E-state index contributed by atoms with van der Waals surface area (Å²) in [5, 5.41) is 5.68. The number of anilines is 2. The van der Waals surface area contributed by atoms with Crippen LogP contribution in [0.3, 0.4) is 0 Å². The summed E-state index contributed by atoms with van der Waals surface area (Å²) in [4.78, 5) is 25.6. The number of carbonyl (C=O) groups excluding carboxylic acids is 2. The first-order valence-electron chi connectivity index (χ1n) is 7.91. The van der Waals surface area contributed by atoms with Gasteiger partial charge in [0, 0.05) is 17.8 Å². The molecule has 2 N–H and O–H groups in total. The molecule has 5 heteroatoms. The average molecular weight is 325 g/mol. The van der Waals surface area contributed by atoms with Crippen molar-refractivity contribution in [1.82, 2.24) is 4.90 Å². The zero-order valence-corrected chi connectivity index (χ0v) is 14.1. The number of likely N-dealkylation sites (N-methyl/N-ethyl adjacent to an activating group) is 1. The molecular formula is C19H23N3O2. The standard InChI is InChI=1S/C19H23N3O2/c1-22(2)14-19(24)21-17-10-6-9-16(13-17)20-18(23)12-11-15-7-4-3-5-8-15/h3-10,13H,11-12,14H2,1-2H3,(H,20,23)(H,21,24). The molecule has 126 valence electrons. The second kappa shape index (κ2) is 8.84. The molecule has 0 aliphatic heterocycles. The summed E-state index contributed by atoms with van der Waals surface area (Å²) >= 11 is 0. The molecule has 0 aromatic heterocycles. The topological polar surface area (TPSA) is 61.4 Å². The Morgan fingerprint density at radius 1 is 0.875 bits per heavy atom. The number of aryl methyl sites for hydroxylation is 1. The highest BCUT2D eigenvalue weighted by atomic mass is 16.2. The molecule has 0 saturated heterocycles. The normalized spacial score (nSPS) is 10.5. The van der Waals surface area contributed by atoms with Crippen LogP contribution in [0, 0.1) is 0 Å². The van der Waals surface area contributed by atoms with Crippen molar-refractivity contribution in [3.8, 4) is 0 Å². The van der Waals surface area contributed by atoms with E-state index in [0.29, 0.717) is 30.8 Å². The first kappa shape index (κ1) is 17.7. The largest absolute Gasteiger partial charge is 0.326 e. The van der Waals surface area contributed by atoms with Crippen molar-refractivity contribution in [2.45, 2.75) is 12.8 Å². The van der Waals surface area contributed by atoms with Gasteiger partial charge in [-0.15, -0.1) is 0 Å². The Kier molecular flexibility index (Phi) is 6.51. The van der Waals surface area contributed by atoms with Crippen LogP contribution in [0.5, 0.6) is 0 Å². The van der Waals surface area contributed by atoms with Gasteiger partial charge in [0.25, 0.3) is 0 Å². The van der Waals surface area contributed by atoms with Crippen LogP contribution >= 0.6 is 0 Å². The van der Waals surface area contributed by atoms with E-state index in [9.17, 15) is 9.59 Å². The molecule has 24 heavy (non-hydrogen) atoms. The van der Waals surface area contributed by atoms with Crippen LogP contribution in [-0.4, -0.2) is 37.4 Å². The minimum absolute atomic E-state index is 0.0457. The fourth-order valence-electron chi connectivity index (χ4n) is 2.29. The second-order valence-corrected chi connectivity index (χ2v) is 5.90. The third-order valence-electron chi connectivity index (χ3n) is 3.37. The summed E-state index contributed by atoms with van der Waals surface area (Å²) in [6, 6.07) is 17.1. The number of hydrogen-bond donors (Lipinski definition) is 2. The van der Waals surface area contributed by atoms with Gasteiger partial charge in [0.15, 0.2) is 0 Å². The third-order valence-corrected chi connectivity index (χ3v) is 3.37. The number of rotatable bonds is 7. The van der Waals surface area contributed by atoms with Crippen LogP contribution < -0.4 is 10.6 Å². The molecule has 2 amide bonds. The van der Waals surface area contributed by atoms with Crippen molar-refractivity contribution < 1.29 is 9.59 Å². The Balaban J connectivity index is 1.87. The molecule has 0 radical (unpaired) electrons. The highest BCUT2D eigenvalue weighted by Crippen LogP contribution is 2.15. The van der Waals surface area contributed by atoms with Crippen molar-refractivity contribution in [2.24, 2.45) is 0 Å². The molecule has 0 unspecified atom stereocenters. The maximum atomic E-state index is 12.1. The van der Waals surface area contributed by atoms with Gasteiger partial charge >= 0.3 is 0 Å². The number of nitrogens with one attached hydrogen (secondary N) is 2. The quantitative estimate of drug-likeness (QED) is 0.823. The molecule has 2 aromatic carbocycles.